The van der Waals surface area contributed by atoms with E-state index in [0.717, 1.165) is 53.6 Å². The average molecular weight is 466 g/mol. The molecular weight excluding hydrogens is 438 g/mol. The Morgan fingerprint density at radius 3 is 2.70 bits per heavy atom. The third-order valence-electron chi connectivity index (χ3n) is 6.93. The summed E-state index contributed by atoms with van der Waals surface area (Å²) in [6.07, 6.45) is 2.85. The Hall–Kier alpha value is -2.83. The van der Waals surface area contributed by atoms with E-state index in [4.69, 9.17) is 21.1 Å². The Morgan fingerprint density at radius 1 is 1.21 bits per heavy atom. The Balaban J connectivity index is 1.41. The molecule has 1 amide bonds. The largest absolute Gasteiger partial charge is 0.497 e. The molecule has 1 aliphatic carbocycles. The number of fused-ring (bicyclic) bond motifs is 1. The number of carbonyl (C=O) groups excluding carboxylic acids is 1. The maximum absolute atomic E-state index is 13.4. The molecule has 2 aromatic carbocycles. The van der Waals surface area contributed by atoms with Gasteiger partial charge in [-0.1, -0.05) is 17.7 Å². The van der Waals surface area contributed by atoms with Crippen LogP contribution in [0.1, 0.15) is 40.7 Å². The standard InChI is InChI=1S/C26H28ClN3O3/c1-16-4-5-18(33-15-17-8-11-30(17)2)12-21(16)25(31)29-26(9-10-26)22-13-19(32-3)14-23-20(22)6-7-24(27)28-23/h4-7,12-14,17H,8-11,15H2,1-3H3,(H,29,31). The summed E-state index contributed by atoms with van der Waals surface area (Å²) in [6.45, 7) is 3.69. The molecule has 6 nitrogen and oxygen atoms in total. The minimum absolute atomic E-state index is 0.103. The van der Waals surface area contributed by atoms with Crippen molar-refractivity contribution in [2.75, 3.05) is 27.3 Å². The smallest absolute Gasteiger partial charge is 0.252 e. The van der Waals surface area contributed by atoms with Crippen molar-refractivity contribution >= 4 is 28.4 Å². The first-order valence-electron chi connectivity index (χ1n) is 11.3. The number of benzene rings is 2. The first kappa shape index (κ1) is 22.0. The highest BCUT2D eigenvalue weighted by Gasteiger charge is 2.47. The van der Waals surface area contributed by atoms with Gasteiger partial charge >= 0.3 is 0 Å². The summed E-state index contributed by atoms with van der Waals surface area (Å²) < 4.78 is 11.5. The quantitative estimate of drug-likeness (QED) is 0.512. The first-order valence-corrected chi connectivity index (χ1v) is 11.7. The van der Waals surface area contributed by atoms with Crippen LogP contribution in [0.15, 0.2) is 42.5 Å². The fraction of sp³-hybridized carbons (Fsp3) is 0.385. The Labute approximate surface area is 198 Å². The van der Waals surface area contributed by atoms with E-state index in [1.54, 1.807) is 13.2 Å². The second-order valence-electron chi connectivity index (χ2n) is 9.12. The van der Waals surface area contributed by atoms with Crippen LogP contribution >= 0.6 is 11.6 Å². The van der Waals surface area contributed by atoms with E-state index in [1.807, 2.05) is 43.3 Å². The van der Waals surface area contributed by atoms with Crippen LogP contribution in [-0.4, -0.2) is 49.1 Å². The molecule has 7 heteroatoms. The summed E-state index contributed by atoms with van der Waals surface area (Å²) in [5, 5.41) is 4.70. The highest BCUT2D eigenvalue weighted by atomic mass is 35.5. The molecule has 1 saturated heterocycles. The van der Waals surface area contributed by atoms with Crippen LogP contribution in [-0.2, 0) is 5.54 Å². The lowest BCUT2D eigenvalue weighted by Crippen LogP contribution is -2.48. The van der Waals surface area contributed by atoms with Crippen LogP contribution in [0.5, 0.6) is 11.5 Å². The molecule has 5 rings (SSSR count). The molecular formula is C26H28ClN3O3. The zero-order valence-corrected chi connectivity index (χ0v) is 19.9. The van der Waals surface area contributed by atoms with Gasteiger partial charge in [0.25, 0.3) is 5.91 Å². The van der Waals surface area contributed by atoms with Gasteiger partial charge in [-0.15, -0.1) is 0 Å². The van der Waals surface area contributed by atoms with Crippen molar-refractivity contribution in [1.82, 2.24) is 15.2 Å². The minimum Gasteiger partial charge on any atom is -0.497 e. The monoisotopic (exact) mass is 465 g/mol. The molecule has 0 spiro atoms. The molecule has 2 aliphatic rings. The van der Waals surface area contributed by atoms with Crippen LogP contribution in [0.3, 0.4) is 0 Å². The number of nitrogens with zero attached hydrogens (tertiary/aromatic N) is 2. The Kier molecular flexibility index (Phi) is 5.67. The minimum atomic E-state index is -0.447. The molecule has 2 heterocycles. The van der Waals surface area contributed by atoms with E-state index in [0.29, 0.717) is 29.1 Å². The Morgan fingerprint density at radius 2 is 2.03 bits per heavy atom. The van der Waals surface area contributed by atoms with Gasteiger partial charge in [0.05, 0.1) is 18.2 Å². The van der Waals surface area contributed by atoms with Crippen molar-refractivity contribution in [3.05, 3.63) is 64.3 Å². The zero-order valence-electron chi connectivity index (χ0n) is 19.2. The maximum Gasteiger partial charge on any atom is 0.252 e. The lowest BCUT2D eigenvalue weighted by molar-refractivity contribution is 0.0767. The van der Waals surface area contributed by atoms with Gasteiger partial charge in [0, 0.05) is 23.1 Å². The molecule has 1 aliphatic heterocycles. The summed E-state index contributed by atoms with van der Waals surface area (Å²) in [5.41, 5.74) is 2.86. The normalized spacial score (nSPS) is 19.1. The zero-order chi connectivity index (χ0) is 23.2. The van der Waals surface area contributed by atoms with Crippen LogP contribution in [0.2, 0.25) is 5.15 Å². The predicted molar refractivity (Wildman–Crippen MR) is 129 cm³/mol. The number of aryl methyl sites for hydroxylation is 1. The number of pyridine rings is 1. The second-order valence-corrected chi connectivity index (χ2v) is 9.51. The number of halogens is 1. The average Bonchev–Trinajstić information content (AvgIpc) is 3.58. The summed E-state index contributed by atoms with van der Waals surface area (Å²) in [4.78, 5) is 20.1. The molecule has 1 N–H and O–H groups in total. The van der Waals surface area contributed by atoms with E-state index in [9.17, 15) is 4.79 Å². The fourth-order valence-electron chi connectivity index (χ4n) is 4.48. The van der Waals surface area contributed by atoms with Gasteiger partial charge < -0.3 is 14.8 Å². The number of carbonyl (C=O) groups is 1. The molecule has 1 aromatic heterocycles. The number of methoxy groups -OCH3 is 1. The van der Waals surface area contributed by atoms with E-state index in [1.165, 1.54) is 0 Å². The van der Waals surface area contributed by atoms with Crippen LogP contribution in [0.4, 0.5) is 0 Å². The van der Waals surface area contributed by atoms with Crippen molar-refractivity contribution in [1.29, 1.82) is 0 Å². The highest BCUT2D eigenvalue weighted by molar-refractivity contribution is 6.29. The number of likely N-dealkylation sites (tertiary alicyclic amines) is 1. The summed E-state index contributed by atoms with van der Waals surface area (Å²) in [7, 11) is 3.73. The van der Waals surface area contributed by atoms with Crippen LogP contribution in [0.25, 0.3) is 10.9 Å². The van der Waals surface area contributed by atoms with Gasteiger partial charge in [0.1, 0.15) is 23.3 Å². The van der Waals surface area contributed by atoms with Gasteiger partial charge in [-0.2, -0.15) is 0 Å². The molecule has 1 unspecified atom stereocenters. The van der Waals surface area contributed by atoms with E-state index >= 15 is 0 Å². The lowest BCUT2D eigenvalue weighted by Gasteiger charge is -2.37. The van der Waals surface area contributed by atoms with E-state index in [2.05, 4.69) is 22.2 Å². The molecule has 0 bridgehead atoms. The van der Waals surface area contributed by atoms with Gasteiger partial charge in [-0.25, -0.2) is 4.98 Å². The molecule has 0 radical (unpaired) electrons. The number of hydrogen-bond acceptors (Lipinski definition) is 5. The fourth-order valence-corrected chi connectivity index (χ4v) is 4.63. The summed E-state index contributed by atoms with van der Waals surface area (Å²) in [5.74, 6) is 1.32. The second kappa shape index (κ2) is 8.50. The van der Waals surface area contributed by atoms with Crippen molar-refractivity contribution in [2.24, 2.45) is 0 Å². The van der Waals surface area contributed by atoms with E-state index in [-0.39, 0.29) is 5.91 Å². The molecule has 2 fully saturated rings. The third kappa shape index (κ3) is 4.25. The third-order valence-corrected chi connectivity index (χ3v) is 7.15. The number of rotatable bonds is 7. The Bertz CT molecular complexity index is 1220. The van der Waals surface area contributed by atoms with Gasteiger partial charge in [-0.3, -0.25) is 9.69 Å². The van der Waals surface area contributed by atoms with Crippen LogP contribution in [0, 0.1) is 6.92 Å². The molecule has 1 atom stereocenters. The highest BCUT2D eigenvalue weighted by Crippen LogP contribution is 2.49. The summed E-state index contributed by atoms with van der Waals surface area (Å²) in [6, 6.07) is 13.8. The predicted octanol–water partition coefficient (Wildman–Crippen LogP) is 4.71. The molecule has 172 valence electrons. The van der Waals surface area contributed by atoms with Gasteiger partial charge in [0.15, 0.2) is 0 Å². The number of nitrogens with one attached hydrogen (secondary N) is 1. The molecule has 3 aromatic rings. The van der Waals surface area contributed by atoms with Crippen molar-refractivity contribution in [2.45, 2.75) is 37.8 Å². The number of aromatic nitrogens is 1. The number of hydrogen-bond donors (Lipinski definition) is 1. The van der Waals surface area contributed by atoms with Crippen molar-refractivity contribution < 1.29 is 14.3 Å². The molecule has 1 saturated carbocycles. The van der Waals surface area contributed by atoms with E-state index < -0.39 is 5.54 Å². The maximum atomic E-state index is 13.4. The van der Waals surface area contributed by atoms with Gasteiger partial charge in [-0.05, 0) is 81.2 Å². The van der Waals surface area contributed by atoms with Crippen molar-refractivity contribution in [3.8, 4) is 11.5 Å². The number of amides is 1. The SMILES string of the molecule is COc1cc(C2(NC(=O)c3cc(OCC4CCN4C)ccc3C)CC2)c2ccc(Cl)nc2c1. The number of ether oxygens (including phenoxy) is 2. The van der Waals surface area contributed by atoms with Crippen molar-refractivity contribution in [3.63, 3.8) is 0 Å². The molecule has 33 heavy (non-hydrogen) atoms. The van der Waals surface area contributed by atoms with Gasteiger partial charge in [0.2, 0.25) is 0 Å². The lowest BCUT2D eigenvalue weighted by atomic mass is 9.97. The topological polar surface area (TPSA) is 63.7 Å². The van der Waals surface area contributed by atoms with Crippen LogP contribution < -0.4 is 14.8 Å². The number of likely N-dealkylation sites (N-methyl/N-ethyl adjacent to an activating group) is 1. The summed E-state index contributed by atoms with van der Waals surface area (Å²) >= 11 is 6.12. The first-order chi connectivity index (χ1) is 15.9.